The van der Waals surface area contributed by atoms with E-state index in [0.29, 0.717) is 0 Å². The van der Waals surface area contributed by atoms with Gasteiger partial charge < -0.3 is 15.0 Å². The van der Waals surface area contributed by atoms with E-state index < -0.39 is 24.4 Å². The number of ether oxygens (including phenoxy) is 1. The normalized spacial score (nSPS) is 14.8. The summed E-state index contributed by atoms with van der Waals surface area (Å²) < 4.78 is 46.0. The Morgan fingerprint density at radius 3 is 2.55 bits per heavy atom. The van der Waals surface area contributed by atoms with Gasteiger partial charge in [0.25, 0.3) is 5.91 Å². The number of hydrogen-bond acceptors (Lipinski definition) is 5. The van der Waals surface area contributed by atoms with E-state index in [1.54, 1.807) is 18.3 Å². The summed E-state index contributed by atoms with van der Waals surface area (Å²) in [5, 5.41) is 6.66. The summed E-state index contributed by atoms with van der Waals surface area (Å²) in [6.45, 7) is 1.02. The first-order valence-electron chi connectivity index (χ1n) is 10.3. The van der Waals surface area contributed by atoms with Crippen LogP contribution < -0.4 is 15.0 Å². The summed E-state index contributed by atoms with van der Waals surface area (Å²) in [6, 6.07) is 12.7. The topological polar surface area (TPSA) is 72.3 Å². The Hall–Kier alpha value is -3.27. The summed E-state index contributed by atoms with van der Waals surface area (Å²) in [4.78, 5) is 18.9. The quantitative estimate of drug-likeness (QED) is 0.576. The van der Waals surface area contributed by atoms with Crippen LogP contribution in [0.1, 0.15) is 18.5 Å². The number of anilines is 1. The van der Waals surface area contributed by atoms with Gasteiger partial charge in [-0.1, -0.05) is 29.8 Å². The molecule has 0 spiro atoms. The van der Waals surface area contributed by atoms with Crippen LogP contribution in [0.15, 0.2) is 54.7 Å². The molecule has 3 aromatic rings. The van der Waals surface area contributed by atoms with Crippen LogP contribution in [-0.4, -0.2) is 46.4 Å². The zero-order chi connectivity index (χ0) is 23.4. The minimum atomic E-state index is -4.67. The van der Waals surface area contributed by atoms with E-state index in [9.17, 15) is 18.0 Å². The maximum atomic E-state index is 13.2. The Labute approximate surface area is 193 Å². The zero-order valence-electron chi connectivity index (χ0n) is 17.4. The molecule has 11 heteroatoms. The van der Waals surface area contributed by atoms with Gasteiger partial charge in [-0.2, -0.15) is 23.0 Å². The molecule has 1 aliphatic heterocycles. The molecule has 33 heavy (non-hydrogen) atoms. The van der Waals surface area contributed by atoms with Gasteiger partial charge in [0.2, 0.25) is 5.88 Å². The van der Waals surface area contributed by atoms with Gasteiger partial charge in [-0.05, 0) is 37.1 Å². The van der Waals surface area contributed by atoms with E-state index in [0.717, 1.165) is 42.5 Å². The molecule has 1 aromatic carbocycles. The molecule has 0 atom stereocenters. The maximum absolute atomic E-state index is 13.2. The van der Waals surface area contributed by atoms with Crippen LogP contribution in [0.4, 0.5) is 19.0 Å². The molecule has 0 radical (unpaired) electrons. The Morgan fingerprint density at radius 2 is 1.88 bits per heavy atom. The van der Waals surface area contributed by atoms with E-state index in [2.05, 4.69) is 20.3 Å². The molecule has 0 aliphatic carbocycles. The lowest BCUT2D eigenvalue weighted by atomic mass is 10.1. The number of rotatable bonds is 6. The van der Waals surface area contributed by atoms with Crippen molar-refractivity contribution in [1.82, 2.24) is 20.1 Å². The number of amides is 1. The monoisotopic (exact) mass is 479 g/mol. The van der Waals surface area contributed by atoms with Gasteiger partial charge in [0.1, 0.15) is 5.82 Å². The highest BCUT2D eigenvalue weighted by Gasteiger charge is 2.36. The molecular formula is C22H21ClF3N5O2. The summed E-state index contributed by atoms with van der Waals surface area (Å²) in [5.41, 5.74) is -0.924. The molecule has 2 aromatic heterocycles. The molecule has 174 valence electrons. The minimum Gasteiger partial charge on any atom is -0.467 e. The Bertz CT molecular complexity index is 1100. The number of carbonyl (C=O) groups is 1. The van der Waals surface area contributed by atoms with Crippen molar-refractivity contribution >= 4 is 23.3 Å². The van der Waals surface area contributed by atoms with Crippen LogP contribution in [0.3, 0.4) is 0 Å². The fourth-order valence-electron chi connectivity index (χ4n) is 3.60. The van der Waals surface area contributed by atoms with Gasteiger partial charge in [0.15, 0.2) is 12.3 Å². The van der Waals surface area contributed by atoms with E-state index in [-0.39, 0.29) is 22.6 Å². The van der Waals surface area contributed by atoms with Crippen LogP contribution in [0, 0.1) is 0 Å². The number of piperidine rings is 1. The molecule has 0 unspecified atom stereocenters. The number of aromatic nitrogens is 3. The summed E-state index contributed by atoms with van der Waals surface area (Å²) in [7, 11) is 0. The number of para-hydroxylation sites is 1. The van der Waals surface area contributed by atoms with Crippen LogP contribution in [0.25, 0.3) is 5.69 Å². The number of pyridine rings is 1. The van der Waals surface area contributed by atoms with Crippen molar-refractivity contribution in [2.75, 3.05) is 24.6 Å². The molecular weight excluding hydrogens is 459 g/mol. The molecule has 0 bridgehead atoms. The molecule has 0 saturated carbocycles. The number of halogens is 4. The third-order valence-corrected chi connectivity index (χ3v) is 5.55. The van der Waals surface area contributed by atoms with Crippen molar-refractivity contribution in [3.05, 3.63) is 65.4 Å². The number of nitrogens with zero attached hydrogens (tertiary/aromatic N) is 4. The Balaban J connectivity index is 1.37. The summed E-state index contributed by atoms with van der Waals surface area (Å²) in [5.74, 6) is 0.237. The lowest BCUT2D eigenvalue weighted by molar-refractivity contribution is -0.141. The van der Waals surface area contributed by atoms with Crippen molar-refractivity contribution in [3.8, 4) is 11.6 Å². The number of carbonyl (C=O) groups excluding carboxylic acids is 1. The molecule has 1 amide bonds. The largest absolute Gasteiger partial charge is 0.467 e. The second-order valence-corrected chi connectivity index (χ2v) is 7.94. The standard InChI is InChI=1S/C22H21ClF3N5O2/c23-16-5-1-2-6-17(16)31-21(13-18(29-31)22(24,25)26)33-14-20(32)28-15-8-11-30(12-9-15)19-7-3-4-10-27-19/h1-7,10,13,15H,8-9,11-12,14H2,(H,28,32). The van der Waals surface area contributed by atoms with Gasteiger partial charge in [-0.3, -0.25) is 4.79 Å². The SMILES string of the molecule is O=C(COc1cc(C(F)(F)F)nn1-c1ccccc1Cl)NC1CCN(c2ccccn2)CC1. The average Bonchev–Trinajstić information content (AvgIpc) is 3.24. The molecule has 1 N–H and O–H groups in total. The second kappa shape index (κ2) is 9.70. The Kier molecular flexibility index (Phi) is 6.73. The zero-order valence-corrected chi connectivity index (χ0v) is 18.2. The van der Waals surface area contributed by atoms with Gasteiger partial charge in [0, 0.05) is 31.4 Å². The highest BCUT2D eigenvalue weighted by atomic mass is 35.5. The molecule has 4 rings (SSSR count). The number of nitrogens with one attached hydrogen (secondary N) is 1. The molecule has 1 saturated heterocycles. The van der Waals surface area contributed by atoms with Crippen molar-refractivity contribution < 1.29 is 22.7 Å². The lowest BCUT2D eigenvalue weighted by Gasteiger charge is -2.33. The fourth-order valence-corrected chi connectivity index (χ4v) is 3.82. The van der Waals surface area contributed by atoms with Crippen molar-refractivity contribution in [2.45, 2.75) is 25.1 Å². The molecule has 7 nitrogen and oxygen atoms in total. The second-order valence-electron chi connectivity index (χ2n) is 7.53. The van der Waals surface area contributed by atoms with E-state index in [1.165, 1.54) is 12.1 Å². The van der Waals surface area contributed by atoms with Crippen LogP contribution in [-0.2, 0) is 11.0 Å². The fraction of sp³-hybridized carbons (Fsp3) is 0.318. The van der Waals surface area contributed by atoms with Crippen molar-refractivity contribution in [3.63, 3.8) is 0 Å². The van der Waals surface area contributed by atoms with Gasteiger partial charge in [0.05, 0.1) is 10.7 Å². The van der Waals surface area contributed by atoms with Gasteiger partial charge in [-0.15, -0.1) is 0 Å². The third-order valence-electron chi connectivity index (χ3n) is 5.23. The minimum absolute atomic E-state index is 0.0553. The predicted molar refractivity (Wildman–Crippen MR) is 117 cm³/mol. The molecule has 3 heterocycles. The first kappa shape index (κ1) is 22.9. The lowest BCUT2D eigenvalue weighted by Crippen LogP contribution is -2.46. The third kappa shape index (κ3) is 5.57. The maximum Gasteiger partial charge on any atom is 0.435 e. The predicted octanol–water partition coefficient (Wildman–Crippen LogP) is 4.10. The van der Waals surface area contributed by atoms with E-state index in [1.807, 2.05) is 18.2 Å². The van der Waals surface area contributed by atoms with Crippen LogP contribution in [0.2, 0.25) is 5.02 Å². The first-order chi connectivity index (χ1) is 15.8. The number of benzene rings is 1. The van der Waals surface area contributed by atoms with Gasteiger partial charge >= 0.3 is 6.18 Å². The average molecular weight is 480 g/mol. The van der Waals surface area contributed by atoms with Gasteiger partial charge in [-0.25, -0.2) is 4.98 Å². The smallest absolute Gasteiger partial charge is 0.435 e. The van der Waals surface area contributed by atoms with Crippen LogP contribution >= 0.6 is 11.6 Å². The molecule has 1 aliphatic rings. The molecule has 1 fully saturated rings. The van der Waals surface area contributed by atoms with E-state index in [4.69, 9.17) is 16.3 Å². The summed E-state index contributed by atoms with van der Waals surface area (Å²) >= 11 is 6.12. The summed E-state index contributed by atoms with van der Waals surface area (Å²) in [6.07, 6.45) is -1.50. The highest BCUT2D eigenvalue weighted by molar-refractivity contribution is 6.32. The van der Waals surface area contributed by atoms with E-state index >= 15 is 0 Å². The number of alkyl halides is 3. The van der Waals surface area contributed by atoms with Crippen molar-refractivity contribution in [1.29, 1.82) is 0 Å². The highest BCUT2D eigenvalue weighted by Crippen LogP contribution is 2.33. The Morgan fingerprint density at radius 1 is 1.15 bits per heavy atom. The number of hydrogen-bond donors (Lipinski definition) is 1. The van der Waals surface area contributed by atoms with Crippen LogP contribution in [0.5, 0.6) is 5.88 Å². The first-order valence-corrected chi connectivity index (χ1v) is 10.7. The van der Waals surface area contributed by atoms with Crippen molar-refractivity contribution in [2.24, 2.45) is 0 Å².